The van der Waals surface area contributed by atoms with Crippen molar-refractivity contribution >= 4 is 16.9 Å². The highest BCUT2D eigenvalue weighted by Gasteiger charge is 2.27. The number of piperidine rings is 1. The minimum atomic E-state index is -0.472. The molecule has 0 atom stereocenters. The zero-order chi connectivity index (χ0) is 22.9. The number of likely N-dealkylation sites (tertiary alicyclic amines) is 1. The monoisotopic (exact) mass is 446 g/mol. The molecule has 0 spiro atoms. The fourth-order valence-corrected chi connectivity index (χ4v) is 4.45. The maximum absolute atomic E-state index is 15.0. The minimum absolute atomic E-state index is 0.152. The summed E-state index contributed by atoms with van der Waals surface area (Å²) in [7, 11) is 0. The number of hydrogen-bond acceptors (Lipinski definition) is 6. The quantitative estimate of drug-likeness (QED) is 0.462. The number of nitrogens with zero attached hydrogens (tertiary/aromatic N) is 5. The molecule has 2 aromatic heterocycles. The number of para-hydroxylation sites is 1. The molecule has 8 heteroatoms. The summed E-state index contributed by atoms with van der Waals surface area (Å²) in [5.74, 6) is 0.592. The highest BCUT2D eigenvalue weighted by molar-refractivity contribution is 5.98. The summed E-state index contributed by atoms with van der Waals surface area (Å²) in [5, 5.41) is 5.53. The lowest BCUT2D eigenvalue weighted by Gasteiger charge is -2.34. The van der Waals surface area contributed by atoms with E-state index in [4.69, 9.17) is 15.6 Å². The van der Waals surface area contributed by atoms with E-state index >= 15 is 0 Å². The fourth-order valence-electron chi connectivity index (χ4n) is 4.45. The van der Waals surface area contributed by atoms with Crippen LogP contribution in [0.5, 0.6) is 11.5 Å². The molecular weight excluding hydrogens is 419 g/mol. The summed E-state index contributed by atoms with van der Waals surface area (Å²) in [4.78, 5) is 11.1. The van der Waals surface area contributed by atoms with Crippen molar-refractivity contribution in [3.8, 4) is 22.8 Å². The molecule has 7 nitrogen and oxygen atoms in total. The van der Waals surface area contributed by atoms with Crippen molar-refractivity contribution in [3.05, 3.63) is 60.7 Å². The summed E-state index contributed by atoms with van der Waals surface area (Å²) >= 11 is 0. The summed E-state index contributed by atoms with van der Waals surface area (Å²) < 4.78 is 22.6. The molecule has 4 aromatic rings. The second kappa shape index (κ2) is 8.78. The Bertz CT molecular complexity index is 1260. The molecule has 1 aliphatic rings. The first-order valence-electron chi connectivity index (χ1n) is 11.3. The molecular formula is C25H27FN6O. The minimum Gasteiger partial charge on any atom is -0.454 e. The average molecular weight is 447 g/mol. The van der Waals surface area contributed by atoms with E-state index in [9.17, 15) is 4.39 Å². The Hall–Kier alpha value is -3.52. The molecule has 0 aliphatic carbocycles. The number of fused-ring (bicyclic) bond motifs is 1. The van der Waals surface area contributed by atoms with Crippen LogP contribution in [0.25, 0.3) is 22.3 Å². The van der Waals surface area contributed by atoms with E-state index in [-0.39, 0.29) is 11.8 Å². The SMILES string of the molecule is CC(C)N1CCC(n2nc(-c3ccc(Oc4ccccc4)c(F)c3)c3c(N)ncnc32)CC1. The number of benzene rings is 2. The van der Waals surface area contributed by atoms with Crippen LogP contribution in [0.15, 0.2) is 54.9 Å². The van der Waals surface area contributed by atoms with E-state index in [2.05, 4.69) is 28.7 Å². The zero-order valence-electron chi connectivity index (χ0n) is 18.8. The van der Waals surface area contributed by atoms with Gasteiger partial charge in [0.05, 0.1) is 11.4 Å². The van der Waals surface area contributed by atoms with Crippen LogP contribution in [0, 0.1) is 5.82 Å². The third-order valence-electron chi connectivity index (χ3n) is 6.27. The standard InChI is InChI=1S/C25H27FN6O/c1-16(2)31-12-10-18(11-13-31)32-25-22(24(27)28-15-29-25)23(30-32)17-8-9-21(20(26)14-17)33-19-6-4-3-5-7-19/h3-9,14-16,18H,10-13H2,1-2H3,(H2,27,28,29). The number of rotatable bonds is 5. The Morgan fingerprint density at radius 1 is 1.06 bits per heavy atom. The first kappa shape index (κ1) is 21.3. The topological polar surface area (TPSA) is 82.1 Å². The van der Waals surface area contributed by atoms with Gasteiger partial charge in [0, 0.05) is 24.7 Å². The predicted octanol–water partition coefficient (Wildman–Crippen LogP) is 5.05. The van der Waals surface area contributed by atoms with Gasteiger partial charge in [-0.05, 0) is 57.0 Å². The highest BCUT2D eigenvalue weighted by atomic mass is 19.1. The maximum Gasteiger partial charge on any atom is 0.166 e. The van der Waals surface area contributed by atoms with Gasteiger partial charge in [0.2, 0.25) is 0 Å². The fraction of sp³-hybridized carbons (Fsp3) is 0.320. The number of nitrogen functional groups attached to an aromatic ring is 1. The summed E-state index contributed by atoms with van der Waals surface area (Å²) in [6, 6.07) is 14.7. The number of halogens is 1. The lowest BCUT2D eigenvalue weighted by molar-refractivity contribution is 0.148. The molecule has 0 radical (unpaired) electrons. The van der Waals surface area contributed by atoms with Crippen molar-refractivity contribution in [2.75, 3.05) is 18.8 Å². The maximum atomic E-state index is 15.0. The molecule has 1 fully saturated rings. The van der Waals surface area contributed by atoms with Gasteiger partial charge in [0.15, 0.2) is 17.2 Å². The van der Waals surface area contributed by atoms with Crippen molar-refractivity contribution in [1.29, 1.82) is 0 Å². The zero-order valence-corrected chi connectivity index (χ0v) is 18.8. The third kappa shape index (κ3) is 4.14. The summed E-state index contributed by atoms with van der Waals surface area (Å²) in [6.07, 6.45) is 3.40. The molecule has 1 aliphatic heterocycles. The van der Waals surface area contributed by atoms with Crippen LogP contribution >= 0.6 is 0 Å². The highest BCUT2D eigenvalue weighted by Crippen LogP contribution is 2.36. The van der Waals surface area contributed by atoms with Crippen LogP contribution in [-0.4, -0.2) is 43.8 Å². The molecule has 0 saturated carbocycles. The predicted molar refractivity (Wildman–Crippen MR) is 127 cm³/mol. The molecule has 0 amide bonds. The molecule has 1 saturated heterocycles. The van der Waals surface area contributed by atoms with Gasteiger partial charge in [0.25, 0.3) is 0 Å². The van der Waals surface area contributed by atoms with E-state index in [1.54, 1.807) is 24.3 Å². The summed E-state index contributed by atoms with van der Waals surface area (Å²) in [6.45, 7) is 6.43. The number of ether oxygens (including phenoxy) is 1. The lowest BCUT2D eigenvalue weighted by Crippen LogP contribution is -2.39. The first-order valence-corrected chi connectivity index (χ1v) is 11.3. The third-order valence-corrected chi connectivity index (χ3v) is 6.27. The molecule has 0 bridgehead atoms. The van der Waals surface area contributed by atoms with Crippen molar-refractivity contribution in [2.45, 2.75) is 38.8 Å². The molecule has 33 heavy (non-hydrogen) atoms. The van der Waals surface area contributed by atoms with Gasteiger partial charge in [-0.2, -0.15) is 5.10 Å². The molecule has 170 valence electrons. The molecule has 2 N–H and O–H groups in total. The van der Waals surface area contributed by atoms with Gasteiger partial charge in [0.1, 0.15) is 23.6 Å². The van der Waals surface area contributed by atoms with Gasteiger partial charge < -0.3 is 15.4 Å². The van der Waals surface area contributed by atoms with E-state index in [1.165, 1.54) is 12.4 Å². The lowest BCUT2D eigenvalue weighted by atomic mass is 10.0. The van der Waals surface area contributed by atoms with E-state index < -0.39 is 5.82 Å². The molecule has 3 heterocycles. The van der Waals surface area contributed by atoms with Crippen LogP contribution in [0.2, 0.25) is 0 Å². The Kier molecular flexibility index (Phi) is 5.68. The second-order valence-electron chi connectivity index (χ2n) is 8.67. The number of aromatic nitrogens is 4. The largest absolute Gasteiger partial charge is 0.454 e. The van der Waals surface area contributed by atoms with Crippen molar-refractivity contribution in [1.82, 2.24) is 24.6 Å². The molecule has 2 aromatic carbocycles. The average Bonchev–Trinajstić information content (AvgIpc) is 3.22. The van der Waals surface area contributed by atoms with Crippen molar-refractivity contribution in [2.24, 2.45) is 0 Å². The van der Waals surface area contributed by atoms with Gasteiger partial charge in [-0.15, -0.1) is 0 Å². The van der Waals surface area contributed by atoms with Gasteiger partial charge in [-0.3, -0.25) is 0 Å². The Morgan fingerprint density at radius 2 is 1.82 bits per heavy atom. The Balaban J connectivity index is 1.50. The summed E-state index contributed by atoms with van der Waals surface area (Å²) in [5.41, 5.74) is 8.12. The first-order chi connectivity index (χ1) is 16.0. The smallest absolute Gasteiger partial charge is 0.166 e. The second-order valence-corrected chi connectivity index (χ2v) is 8.67. The van der Waals surface area contributed by atoms with Crippen LogP contribution < -0.4 is 10.5 Å². The number of hydrogen-bond donors (Lipinski definition) is 1. The normalized spacial score (nSPS) is 15.4. The van der Waals surface area contributed by atoms with Crippen molar-refractivity contribution < 1.29 is 9.13 Å². The van der Waals surface area contributed by atoms with E-state index in [0.29, 0.717) is 39.9 Å². The van der Waals surface area contributed by atoms with Crippen LogP contribution in [-0.2, 0) is 0 Å². The molecule has 5 rings (SSSR count). The van der Waals surface area contributed by atoms with Crippen LogP contribution in [0.4, 0.5) is 10.2 Å². The number of nitrogens with two attached hydrogens (primary N) is 1. The van der Waals surface area contributed by atoms with Gasteiger partial charge in [-0.1, -0.05) is 18.2 Å². The van der Waals surface area contributed by atoms with Crippen LogP contribution in [0.1, 0.15) is 32.7 Å². The van der Waals surface area contributed by atoms with E-state index in [1.807, 2.05) is 22.9 Å². The van der Waals surface area contributed by atoms with Crippen LogP contribution in [0.3, 0.4) is 0 Å². The Labute approximate surface area is 192 Å². The number of anilines is 1. The van der Waals surface area contributed by atoms with Gasteiger partial charge >= 0.3 is 0 Å². The van der Waals surface area contributed by atoms with Gasteiger partial charge in [-0.25, -0.2) is 19.0 Å². The van der Waals surface area contributed by atoms with Crippen molar-refractivity contribution in [3.63, 3.8) is 0 Å². The molecule has 0 unspecified atom stereocenters. The Morgan fingerprint density at radius 3 is 2.52 bits per heavy atom. The van der Waals surface area contributed by atoms with E-state index in [0.717, 1.165) is 25.9 Å².